The zero-order valence-electron chi connectivity index (χ0n) is 31.8. The summed E-state index contributed by atoms with van der Waals surface area (Å²) in [5.41, 5.74) is 3.87. The number of carbonyl (C=O) groups is 3. The van der Waals surface area contributed by atoms with Crippen LogP contribution in [0.2, 0.25) is 0 Å². The van der Waals surface area contributed by atoms with E-state index in [0.29, 0.717) is 35.5 Å². The third-order valence-corrected chi connectivity index (χ3v) is 9.23. The summed E-state index contributed by atoms with van der Waals surface area (Å²) >= 11 is 0. The molecule has 0 unspecified atom stereocenters. The van der Waals surface area contributed by atoms with Gasteiger partial charge in [0.25, 0.3) is 0 Å². The van der Waals surface area contributed by atoms with Gasteiger partial charge in [0.1, 0.15) is 17.2 Å². The summed E-state index contributed by atoms with van der Waals surface area (Å²) < 4.78 is 0. The van der Waals surface area contributed by atoms with E-state index in [4.69, 9.17) is 0 Å². The van der Waals surface area contributed by atoms with Gasteiger partial charge in [-0.3, -0.25) is 14.4 Å². The van der Waals surface area contributed by atoms with Gasteiger partial charge in [-0.15, -0.1) is 0 Å². The van der Waals surface area contributed by atoms with E-state index in [1.807, 2.05) is 36.4 Å². The summed E-state index contributed by atoms with van der Waals surface area (Å²) in [6.07, 6.45) is 27.0. The molecule has 0 saturated carbocycles. The molecule has 0 fully saturated rings. The van der Waals surface area contributed by atoms with Gasteiger partial charge in [-0.25, -0.2) is 0 Å². The van der Waals surface area contributed by atoms with E-state index in [9.17, 15) is 29.7 Å². The van der Waals surface area contributed by atoms with Crippen molar-refractivity contribution in [1.82, 2.24) is 0 Å². The number of unbranched alkanes of at least 4 members (excludes halogenated alkanes) is 15. The molecule has 0 aliphatic heterocycles. The monoisotopic (exact) mass is 732 g/mol. The molecule has 0 spiro atoms. The number of aryl methyl sites for hydroxylation is 3. The number of phenols is 3. The van der Waals surface area contributed by atoms with Gasteiger partial charge in [-0.05, 0) is 73.4 Å². The third-order valence-electron chi connectivity index (χ3n) is 9.23. The zero-order valence-corrected chi connectivity index (χ0v) is 31.8. The molecule has 3 aromatic carbocycles. The van der Waals surface area contributed by atoms with Crippen LogP contribution in [0.1, 0.15) is 184 Å². The summed E-state index contributed by atoms with van der Waals surface area (Å²) in [5.74, 6) is 0.489. The third kappa shape index (κ3) is 20.6. The molecule has 3 aromatic rings. The number of hydrogen-bond acceptors (Lipinski definition) is 6. The minimum absolute atomic E-state index is 0. The normalized spacial score (nSPS) is 10.2. The molecule has 0 aliphatic rings. The van der Waals surface area contributed by atoms with Gasteiger partial charge in [-0.2, -0.15) is 0 Å². The van der Waals surface area contributed by atoms with Crippen molar-refractivity contribution in [2.75, 3.05) is 0 Å². The minimum atomic E-state index is 0. The van der Waals surface area contributed by atoms with Crippen molar-refractivity contribution >= 4 is 36.2 Å². The van der Waals surface area contributed by atoms with E-state index in [-0.39, 0.29) is 34.6 Å². The smallest absolute Gasteiger partial charge is 0.187 e. The molecule has 0 saturated heterocycles. The predicted octanol–water partition coefficient (Wildman–Crippen LogP) is 11.1. The van der Waals surface area contributed by atoms with E-state index in [2.05, 4.69) is 20.8 Å². The quantitative estimate of drug-likeness (QED) is 0.0480. The molecule has 0 amide bonds. The molecule has 3 N–H and O–H groups in total. The molecular formula is C45H69AlO6. The first-order valence-electron chi connectivity index (χ1n) is 19.7. The number of rotatable bonds is 24. The van der Waals surface area contributed by atoms with Crippen molar-refractivity contribution in [3.05, 3.63) is 88.0 Å². The fourth-order valence-electron chi connectivity index (χ4n) is 6.01. The number of aldehydes is 3. The van der Waals surface area contributed by atoms with Gasteiger partial charge >= 0.3 is 0 Å². The molecule has 0 radical (unpaired) electrons. The van der Waals surface area contributed by atoms with Crippen LogP contribution in [0.4, 0.5) is 0 Å². The lowest BCUT2D eigenvalue weighted by atomic mass is 10.0. The fraction of sp³-hybridized carbons (Fsp3) is 0.533. The summed E-state index contributed by atoms with van der Waals surface area (Å²) in [5, 5.41) is 29.4. The highest BCUT2D eigenvalue weighted by Gasteiger charge is 2.07. The molecular weight excluding hydrogens is 663 g/mol. The lowest BCUT2D eigenvalue weighted by molar-refractivity contribution is 0.111. The van der Waals surface area contributed by atoms with Crippen LogP contribution >= 0.6 is 0 Å². The van der Waals surface area contributed by atoms with Crippen molar-refractivity contribution < 1.29 is 29.7 Å². The molecule has 288 valence electrons. The Balaban J connectivity index is 0.000000743. The Labute approximate surface area is 325 Å². The first kappa shape index (κ1) is 48.6. The topological polar surface area (TPSA) is 112 Å². The van der Waals surface area contributed by atoms with E-state index < -0.39 is 0 Å². The maximum atomic E-state index is 10.7. The van der Waals surface area contributed by atoms with Crippen molar-refractivity contribution in [2.45, 2.75) is 156 Å². The Kier molecular flexibility index (Phi) is 30.2. The predicted molar refractivity (Wildman–Crippen MR) is 222 cm³/mol. The Hall–Kier alpha value is -3.40. The Morgan fingerprint density at radius 1 is 0.385 bits per heavy atom. The summed E-state index contributed by atoms with van der Waals surface area (Å²) in [6.45, 7) is 6.63. The standard InChI is InChI=1S/3C15H22O2.Al.3H/c3*1-2-3-4-5-6-7-9-13-10-8-11-14(12-16)15(13)17;;;;/h3*8,10-12,17H,2-7,9H2,1H3;;;;. The number of para-hydroxylation sites is 3. The van der Waals surface area contributed by atoms with Gasteiger partial charge in [0.15, 0.2) is 36.2 Å². The summed E-state index contributed by atoms with van der Waals surface area (Å²) in [4.78, 5) is 32.0. The second kappa shape index (κ2) is 32.3. The number of hydrogen-bond donors (Lipinski definition) is 3. The van der Waals surface area contributed by atoms with E-state index in [0.717, 1.165) is 55.2 Å². The van der Waals surface area contributed by atoms with Crippen LogP contribution in [0.25, 0.3) is 0 Å². The van der Waals surface area contributed by atoms with Gasteiger partial charge in [0.05, 0.1) is 16.7 Å². The summed E-state index contributed by atoms with van der Waals surface area (Å²) in [7, 11) is 0. The number of aromatic hydroxyl groups is 3. The molecule has 7 heteroatoms. The Morgan fingerprint density at radius 2 is 0.615 bits per heavy atom. The van der Waals surface area contributed by atoms with E-state index in [1.165, 1.54) is 96.3 Å². The van der Waals surface area contributed by atoms with Crippen LogP contribution in [0, 0.1) is 0 Å². The number of phenolic OH excluding ortho intramolecular Hbond substituents is 3. The second-order valence-corrected chi connectivity index (χ2v) is 13.5. The van der Waals surface area contributed by atoms with Crippen LogP contribution in [0.5, 0.6) is 17.2 Å². The van der Waals surface area contributed by atoms with Crippen LogP contribution < -0.4 is 0 Å². The highest BCUT2D eigenvalue weighted by molar-refractivity contribution is 5.81. The number of benzene rings is 3. The first-order chi connectivity index (χ1) is 24.9. The van der Waals surface area contributed by atoms with Crippen LogP contribution in [-0.2, 0) is 19.3 Å². The van der Waals surface area contributed by atoms with Crippen LogP contribution in [0.3, 0.4) is 0 Å². The minimum Gasteiger partial charge on any atom is -0.507 e. The van der Waals surface area contributed by atoms with Crippen molar-refractivity contribution in [1.29, 1.82) is 0 Å². The fourth-order valence-corrected chi connectivity index (χ4v) is 6.01. The molecule has 3 rings (SSSR count). The maximum absolute atomic E-state index is 10.7. The van der Waals surface area contributed by atoms with Gasteiger partial charge < -0.3 is 15.3 Å². The van der Waals surface area contributed by atoms with Crippen LogP contribution in [-0.4, -0.2) is 51.5 Å². The van der Waals surface area contributed by atoms with Gasteiger partial charge in [0, 0.05) is 0 Å². The van der Waals surface area contributed by atoms with Crippen LogP contribution in [0.15, 0.2) is 54.6 Å². The molecule has 0 atom stereocenters. The second-order valence-electron chi connectivity index (χ2n) is 13.5. The van der Waals surface area contributed by atoms with Gasteiger partial charge in [0.2, 0.25) is 0 Å². The molecule has 0 aromatic heterocycles. The lowest BCUT2D eigenvalue weighted by Gasteiger charge is -2.06. The van der Waals surface area contributed by atoms with Crippen molar-refractivity contribution in [3.63, 3.8) is 0 Å². The largest absolute Gasteiger partial charge is 0.507 e. The summed E-state index contributed by atoms with van der Waals surface area (Å²) in [6, 6.07) is 16.1. The van der Waals surface area contributed by atoms with E-state index in [1.54, 1.807) is 18.2 Å². The Bertz CT molecular complexity index is 1210. The lowest BCUT2D eigenvalue weighted by Crippen LogP contribution is -1.90. The van der Waals surface area contributed by atoms with E-state index >= 15 is 0 Å². The molecule has 0 bridgehead atoms. The van der Waals surface area contributed by atoms with Crippen molar-refractivity contribution in [2.24, 2.45) is 0 Å². The molecule has 52 heavy (non-hydrogen) atoms. The number of carbonyl (C=O) groups excluding carboxylic acids is 3. The molecule has 0 aliphatic carbocycles. The average molecular weight is 733 g/mol. The van der Waals surface area contributed by atoms with Crippen molar-refractivity contribution in [3.8, 4) is 17.2 Å². The van der Waals surface area contributed by atoms with Gasteiger partial charge in [-0.1, -0.05) is 153 Å². The average Bonchev–Trinajstić information content (AvgIpc) is 3.15. The SMILES string of the molecule is CCCCCCCCc1cccc(C=O)c1O.CCCCCCCCc1cccc(C=O)c1O.CCCCCCCCc1cccc(C=O)c1O.[AlH3]. The first-order valence-corrected chi connectivity index (χ1v) is 19.7. The molecule has 6 nitrogen and oxygen atoms in total. The Morgan fingerprint density at radius 3 is 0.846 bits per heavy atom. The molecule has 0 heterocycles. The highest BCUT2D eigenvalue weighted by Crippen LogP contribution is 2.25. The zero-order chi connectivity index (χ0) is 37.5. The maximum Gasteiger partial charge on any atom is 0.187 e. The highest BCUT2D eigenvalue weighted by atomic mass is 27.0.